The van der Waals surface area contributed by atoms with E-state index in [9.17, 15) is 9.59 Å². The van der Waals surface area contributed by atoms with Gasteiger partial charge in [-0.25, -0.2) is 14.8 Å². The lowest BCUT2D eigenvalue weighted by Crippen LogP contribution is -2.14. The van der Waals surface area contributed by atoms with E-state index in [1.54, 1.807) is 7.05 Å². The average molecular weight is 232 g/mol. The number of fused-ring (bicyclic) bond motifs is 3. The Labute approximate surface area is 94.6 Å². The smallest absolute Gasteiger partial charge is 0.327 e. The summed E-state index contributed by atoms with van der Waals surface area (Å²) in [6, 6.07) is 0. The molecule has 8 nitrogen and oxygen atoms in total. The van der Waals surface area contributed by atoms with Crippen LogP contribution >= 0.6 is 0 Å². The summed E-state index contributed by atoms with van der Waals surface area (Å²) >= 11 is 0. The van der Waals surface area contributed by atoms with Crippen LogP contribution in [-0.2, 0) is 11.8 Å². The Hall–Kier alpha value is -2.64. The number of aromatic amines is 1. The van der Waals surface area contributed by atoms with Crippen LogP contribution in [0.4, 0.5) is 11.6 Å². The quantitative estimate of drug-likeness (QED) is 0.659. The fourth-order valence-electron chi connectivity index (χ4n) is 1.75. The summed E-state index contributed by atoms with van der Waals surface area (Å²) in [5.41, 5.74) is 0.723. The molecule has 0 saturated heterocycles. The Morgan fingerprint density at radius 1 is 1.47 bits per heavy atom. The van der Waals surface area contributed by atoms with Gasteiger partial charge in [-0.3, -0.25) is 13.9 Å². The maximum absolute atomic E-state index is 11.5. The fraction of sp³-hybridized carbons (Fsp3) is 0.111. The molecule has 1 aliphatic rings. The van der Waals surface area contributed by atoms with Crippen molar-refractivity contribution >= 4 is 24.4 Å². The molecule has 0 aromatic carbocycles. The topological polar surface area (TPSA) is 97.1 Å². The number of carbonyl (C=O) groups excluding carboxylic acids is 1. The van der Waals surface area contributed by atoms with E-state index in [0.717, 1.165) is 0 Å². The molecule has 17 heavy (non-hydrogen) atoms. The van der Waals surface area contributed by atoms with Gasteiger partial charge in [0.15, 0.2) is 5.82 Å². The molecule has 0 radical (unpaired) electrons. The third-order valence-electron chi connectivity index (χ3n) is 2.61. The van der Waals surface area contributed by atoms with E-state index in [4.69, 9.17) is 0 Å². The van der Waals surface area contributed by atoms with Crippen molar-refractivity contribution < 1.29 is 4.79 Å². The number of H-pyrrole nitrogens is 1. The molecule has 0 spiro atoms. The minimum atomic E-state index is -0.260. The third kappa shape index (κ3) is 1.17. The molecule has 86 valence electrons. The number of nitrogens with zero attached hydrogens (tertiary/aromatic N) is 4. The summed E-state index contributed by atoms with van der Waals surface area (Å²) in [6.45, 7) is 0. The first-order valence-electron chi connectivity index (χ1n) is 4.83. The van der Waals surface area contributed by atoms with Gasteiger partial charge >= 0.3 is 5.69 Å². The summed E-state index contributed by atoms with van der Waals surface area (Å²) < 4.78 is 2.66. The van der Waals surface area contributed by atoms with E-state index < -0.39 is 0 Å². The zero-order valence-electron chi connectivity index (χ0n) is 8.84. The highest BCUT2D eigenvalue weighted by Crippen LogP contribution is 2.32. The second kappa shape index (κ2) is 3.17. The number of aliphatic imine (C=N–C) groups is 1. The molecular formula is C9H8N6O2. The SMILES string of the molecule is Cn1c2c([nH]c1=O)-c1ncn(C=O)c1N=CN2. The van der Waals surface area contributed by atoms with Gasteiger partial charge in [-0.1, -0.05) is 0 Å². The monoisotopic (exact) mass is 232 g/mol. The number of imidazole rings is 2. The van der Waals surface area contributed by atoms with Crippen LogP contribution in [0.5, 0.6) is 0 Å². The molecule has 0 amide bonds. The second-order valence-corrected chi connectivity index (χ2v) is 3.54. The predicted octanol–water partition coefficient (Wildman–Crippen LogP) is -0.300. The Bertz CT molecular complexity index is 689. The van der Waals surface area contributed by atoms with Gasteiger partial charge in [-0.05, 0) is 0 Å². The number of hydrogen-bond acceptors (Lipinski definition) is 5. The highest BCUT2D eigenvalue weighted by molar-refractivity contribution is 5.91. The predicted molar refractivity (Wildman–Crippen MR) is 61.2 cm³/mol. The highest BCUT2D eigenvalue weighted by Gasteiger charge is 2.21. The summed E-state index contributed by atoms with van der Waals surface area (Å²) in [6.07, 6.45) is 3.38. The summed E-state index contributed by atoms with van der Waals surface area (Å²) in [4.78, 5) is 33.1. The van der Waals surface area contributed by atoms with Crippen molar-refractivity contribution in [1.82, 2.24) is 19.1 Å². The molecule has 1 aliphatic heterocycles. The maximum atomic E-state index is 11.5. The molecule has 3 heterocycles. The molecule has 0 fully saturated rings. The van der Waals surface area contributed by atoms with Crippen molar-refractivity contribution in [2.45, 2.75) is 0 Å². The van der Waals surface area contributed by atoms with Crippen LogP contribution in [0.25, 0.3) is 11.4 Å². The Kier molecular flexibility index (Phi) is 1.79. The lowest BCUT2D eigenvalue weighted by Gasteiger charge is -1.99. The van der Waals surface area contributed by atoms with Crippen LogP contribution in [0.15, 0.2) is 16.1 Å². The number of carbonyl (C=O) groups is 1. The molecule has 0 saturated carbocycles. The van der Waals surface area contributed by atoms with Gasteiger partial charge in [0.1, 0.15) is 23.5 Å². The van der Waals surface area contributed by atoms with Gasteiger partial charge in [-0.15, -0.1) is 0 Å². The maximum Gasteiger partial charge on any atom is 0.327 e. The van der Waals surface area contributed by atoms with Crippen molar-refractivity contribution in [3.8, 4) is 11.4 Å². The van der Waals surface area contributed by atoms with Crippen LogP contribution in [0.2, 0.25) is 0 Å². The number of rotatable bonds is 1. The van der Waals surface area contributed by atoms with Crippen molar-refractivity contribution in [2.24, 2.45) is 12.0 Å². The number of nitrogens with one attached hydrogen (secondary N) is 2. The van der Waals surface area contributed by atoms with E-state index in [0.29, 0.717) is 29.4 Å². The Morgan fingerprint density at radius 3 is 3.06 bits per heavy atom. The van der Waals surface area contributed by atoms with Crippen LogP contribution in [0, 0.1) is 0 Å². The fourth-order valence-corrected chi connectivity index (χ4v) is 1.75. The molecule has 0 atom stereocenters. The van der Waals surface area contributed by atoms with Gasteiger partial charge in [-0.2, -0.15) is 0 Å². The van der Waals surface area contributed by atoms with Crippen LogP contribution in [0.3, 0.4) is 0 Å². The minimum absolute atomic E-state index is 0.260. The molecule has 0 bridgehead atoms. The molecule has 2 aromatic heterocycles. The van der Waals surface area contributed by atoms with Gasteiger partial charge in [0.25, 0.3) is 0 Å². The zero-order valence-corrected chi connectivity index (χ0v) is 8.84. The highest BCUT2D eigenvalue weighted by atomic mass is 16.1. The van der Waals surface area contributed by atoms with Crippen LogP contribution in [-0.4, -0.2) is 31.9 Å². The molecule has 0 aliphatic carbocycles. The van der Waals surface area contributed by atoms with Crippen molar-refractivity contribution in [3.05, 3.63) is 16.8 Å². The Balaban J connectivity index is 2.36. The molecular weight excluding hydrogens is 224 g/mol. The second-order valence-electron chi connectivity index (χ2n) is 3.54. The Morgan fingerprint density at radius 2 is 2.29 bits per heavy atom. The molecule has 0 unspecified atom stereocenters. The largest absolute Gasteiger partial charge is 0.330 e. The minimum Gasteiger partial charge on any atom is -0.330 e. The van der Waals surface area contributed by atoms with Gasteiger partial charge < -0.3 is 10.3 Å². The molecule has 8 heteroatoms. The molecule has 3 rings (SSSR count). The van der Waals surface area contributed by atoms with Crippen molar-refractivity contribution in [2.75, 3.05) is 5.32 Å². The van der Waals surface area contributed by atoms with Gasteiger partial charge in [0.2, 0.25) is 6.41 Å². The number of hydrogen-bond donors (Lipinski definition) is 2. The summed E-state index contributed by atoms with van der Waals surface area (Å²) in [5, 5.41) is 2.87. The van der Waals surface area contributed by atoms with Gasteiger partial charge in [0, 0.05) is 7.05 Å². The summed E-state index contributed by atoms with van der Waals surface area (Å²) in [7, 11) is 1.63. The first-order valence-corrected chi connectivity index (χ1v) is 4.83. The van der Waals surface area contributed by atoms with Crippen molar-refractivity contribution in [1.29, 1.82) is 0 Å². The first kappa shape index (κ1) is 9.58. The van der Waals surface area contributed by atoms with Crippen LogP contribution < -0.4 is 11.0 Å². The van der Waals surface area contributed by atoms with E-state index in [1.807, 2.05) is 0 Å². The number of anilines is 1. The van der Waals surface area contributed by atoms with Gasteiger partial charge in [0.05, 0.1) is 6.34 Å². The third-order valence-corrected chi connectivity index (χ3v) is 2.61. The molecule has 2 aromatic rings. The lowest BCUT2D eigenvalue weighted by atomic mass is 10.3. The standard InChI is InChI=1S/C9H8N6O2/c1-14-7-6(13-9(14)17)5-8(11-2-10-7)15(4-16)3-12-5/h2-4H,1H3,(H,10,11)(H,13,17). The van der Waals surface area contributed by atoms with E-state index >= 15 is 0 Å². The van der Waals surface area contributed by atoms with E-state index in [1.165, 1.54) is 21.8 Å². The normalized spacial score (nSPS) is 12.5. The first-order chi connectivity index (χ1) is 8.22. The zero-order chi connectivity index (χ0) is 12.0. The lowest BCUT2D eigenvalue weighted by molar-refractivity contribution is 0.547. The average Bonchev–Trinajstić information content (AvgIpc) is 2.79. The van der Waals surface area contributed by atoms with Crippen molar-refractivity contribution in [3.63, 3.8) is 0 Å². The van der Waals surface area contributed by atoms with Crippen LogP contribution in [0.1, 0.15) is 0 Å². The number of aromatic nitrogens is 4. The summed E-state index contributed by atoms with van der Waals surface area (Å²) in [5.74, 6) is 0.946. The molecule has 2 N–H and O–H groups in total. The van der Waals surface area contributed by atoms with E-state index in [-0.39, 0.29) is 5.69 Å². The van der Waals surface area contributed by atoms with E-state index in [2.05, 4.69) is 20.3 Å².